The summed E-state index contributed by atoms with van der Waals surface area (Å²) in [6.07, 6.45) is 1.52. The van der Waals surface area contributed by atoms with Crippen molar-refractivity contribution in [2.75, 3.05) is 5.75 Å². The summed E-state index contributed by atoms with van der Waals surface area (Å²) in [5.41, 5.74) is -0.494. The highest BCUT2D eigenvalue weighted by Gasteiger charge is 2.18. The first kappa shape index (κ1) is 13.7. The summed E-state index contributed by atoms with van der Waals surface area (Å²) >= 11 is 1.13. The van der Waals surface area contributed by atoms with Gasteiger partial charge in [-0.15, -0.1) is 10.2 Å². The predicted octanol–water partition coefficient (Wildman–Crippen LogP) is 2.76. The summed E-state index contributed by atoms with van der Waals surface area (Å²) in [6, 6.07) is 3.45. The van der Waals surface area contributed by atoms with Crippen LogP contribution in [0.1, 0.15) is 20.8 Å². The number of furan rings is 1. The van der Waals surface area contributed by atoms with E-state index in [1.54, 1.807) is 12.1 Å². The van der Waals surface area contributed by atoms with Crippen LogP contribution in [0.25, 0.3) is 11.7 Å². The Kier molecular flexibility index (Phi) is 3.94. The van der Waals surface area contributed by atoms with E-state index in [-0.39, 0.29) is 17.6 Å². The van der Waals surface area contributed by atoms with Crippen molar-refractivity contribution in [3.63, 3.8) is 0 Å². The van der Waals surface area contributed by atoms with Gasteiger partial charge in [-0.3, -0.25) is 4.79 Å². The molecule has 0 N–H and O–H groups in total. The van der Waals surface area contributed by atoms with Crippen LogP contribution in [0.5, 0.6) is 0 Å². The van der Waals surface area contributed by atoms with E-state index >= 15 is 0 Å². The molecular weight excluding hydrogens is 268 g/mol. The molecule has 0 saturated carbocycles. The standard InChI is InChI=1S/C12H14N2O4S/c1-12(2,3)18-9(15)7-19-11-14-13-10(17-11)8-5-4-6-16-8/h4-6H,7H2,1-3H3. The molecule has 6 nitrogen and oxygen atoms in total. The maximum absolute atomic E-state index is 11.5. The van der Waals surface area contributed by atoms with Crippen LogP contribution in [0.3, 0.4) is 0 Å². The molecule has 2 aromatic heterocycles. The Morgan fingerprint density at radius 3 is 2.84 bits per heavy atom. The molecule has 0 aliphatic carbocycles. The topological polar surface area (TPSA) is 78.4 Å². The van der Waals surface area contributed by atoms with E-state index in [1.807, 2.05) is 20.8 Å². The highest BCUT2D eigenvalue weighted by atomic mass is 32.2. The van der Waals surface area contributed by atoms with Gasteiger partial charge in [0.2, 0.25) is 0 Å². The average molecular weight is 282 g/mol. The fourth-order valence-corrected chi connectivity index (χ4v) is 1.80. The smallest absolute Gasteiger partial charge is 0.316 e. The quantitative estimate of drug-likeness (QED) is 0.630. The lowest BCUT2D eigenvalue weighted by molar-refractivity contribution is -0.151. The molecule has 0 fully saturated rings. The Morgan fingerprint density at radius 1 is 1.42 bits per heavy atom. The van der Waals surface area contributed by atoms with E-state index in [2.05, 4.69) is 10.2 Å². The molecule has 7 heteroatoms. The van der Waals surface area contributed by atoms with Gasteiger partial charge in [0.05, 0.1) is 6.26 Å². The molecule has 102 valence electrons. The van der Waals surface area contributed by atoms with Crippen LogP contribution in [-0.4, -0.2) is 27.5 Å². The molecule has 0 amide bonds. The molecular formula is C12H14N2O4S. The minimum absolute atomic E-state index is 0.122. The summed E-state index contributed by atoms with van der Waals surface area (Å²) in [6.45, 7) is 5.45. The van der Waals surface area contributed by atoms with Gasteiger partial charge in [0.1, 0.15) is 11.4 Å². The number of aromatic nitrogens is 2. The molecule has 0 bridgehead atoms. The highest BCUT2D eigenvalue weighted by Crippen LogP contribution is 2.23. The van der Waals surface area contributed by atoms with Crippen molar-refractivity contribution in [2.45, 2.75) is 31.6 Å². The van der Waals surface area contributed by atoms with Gasteiger partial charge in [-0.2, -0.15) is 0 Å². The van der Waals surface area contributed by atoms with Crippen LogP contribution in [0.4, 0.5) is 0 Å². The summed E-state index contributed by atoms with van der Waals surface area (Å²) in [7, 11) is 0. The number of hydrogen-bond donors (Lipinski definition) is 0. The van der Waals surface area contributed by atoms with Gasteiger partial charge < -0.3 is 13.6 Å². The van der Waals surface area contributed by atoms with E-state index in [4.69, 9.17) is 13.6 Å². The van der Waals surface area contributed by atoms with E-state index < -0.39 is 5.60 Å². The van der Waals surface area contributed by atoms with E-state index in [0.717, 1.165) is 11.8 Å². The third kappa shape index (κ3) is 4.13. The van der Waals surface area contributed by atoms with Crippen LogP contribution in [0.2, 0.25) is 0 Å². The number of carbonyl (C=O) groups is 1. The summed E-state index contributed by atoms with van der Waals surface area (Å²) in [4.78, 5) is 11.5. The van der Waals surface area contributed by atoms with Crippen LogP contribution >= 0.6 is 11.8 Å². The molecule has 2 aromatic rings. The zero-order valence-corrected chi connectivity index (χ0v) is 11.7. The summed E-state index contributed by atoms with van der Waals surface area (Å²) < 4.78 is 15.6. The molecule has 0 unspecified atom stereocenters. The normalized spacial score (nSPS) is 11.5. The van der Waals surface area contributed by atoms with Gasteiger partial charge in [0.15, 0.2) is 5.76 Å². The molecule has 2 heterocycles. The second kappa shape index (κ2) is 5.48. The highest BCUT2D eigenvalue weighted by molar-refractivity contribution is 7.99. The summed E-state index contributed by atoms with van der Waals surface area (Å²) in [5, 5.41) is 7.95. The van der Waals surface area contributed by atoms with E-state index in [1.165, 1.54) is 6.26 Å². The Balaban J connectivity index is 1.89. The number of rotatable bonds is 4. The number of esters is 1. The maximum Gasteiger partial charge on any atom is 0.316 e. The molecule has 0 aliphatic heterocycles. The van der Waals surface area contributed by atoms with Crippen molar-refractivity contribution >= 4 is 17.7 Å². The van der Waals surface area contributed by atoms with Crippen molar-refractivity contribution in [1.82, 2.24) is 10.2 Å². The predicted molar refractivity (Wildman–Crippen MR) is 68.6 cm³/mol. The Labute approximate surface area is 114 Å². The van der Waals surface area contributed by atoms with Crippen molar-refractivity contribution < 1.29 is 18.4 Å². The third-order valence-electron chi connectivity index (χ3n) is 1.87. The number of thioether (sulfide) groups is 1. The first-order chi connectivity index (χ1) is 8.94. The Hall–Kier alpha value is -1.76. The van der Waals surface area contributed by atoms with Crippen molar-refractivity contribution in [3.05, 3.63) is 18.4 Å². The largest absolute Gasteiger partial charge is 0.459 e. The second-order valence-corrected chi connectivity index (χ2v) is 5.65. The van der Waals surface area contributed by atoms with Gasteiger partial charge in [0.25, 0.3) is 11.1 Å². The minimum atomic E-state index is -0.494. The van der Waals surface area contributed by atoms with Crippen LogP contribution < -0.4 is 0 Å². The Morgan fingerprint density at radius 2 is 2.21 bits per heavy atom. The van der Waals surface area contributed by atoms with Gasteiger partial charge >= 0.3 is 5.97 Å². The second-order valence-electron chi connectivity index (χ2n) is 4.73. The molecule has 2 rings (SSSR count). The van der Waals surface area contributed by atoms with Gasteiger partial charge in [-0.05, 0) is 32.9 Å². The molecule has 19 heavy (non-hydrogen) atoms. The SMILES string of the molecule is CC(C)(C)OC(=O)CSc1nnc(-c2ccco2)o1. The number of nitrogens with zero attached hydrogens (tertiary/aromatic N) is 2. The molecule has 0 aromatic carbocycles. The monoisotopic (exact) mass is 282 g/mol. The molecule has 0 aliphatic rings. The lowest BCUT2D eigenvalue weighted by atomic mass is 10.2. The zero-order chi connectivity index (χ0) is 13.9. The third-order valence-corrected chi connectivity index (χ3v) is 2.66. The molecule has 0 spiro atoms. The molecule has 0 radical (unpaired) electrons. The van der Waals surface area contributed by atoms with Crippen molar-refractivity contribution in [1.29, 1.82) is 0 Å². The number of hydrogen-bond acceptors (Lipinski definition) is 7. The fourth-order valence-electron chi connectivity index (χ4n) is 1.26. The van der Waals surface area contributed by atoms with Gasteiger partial charge in [-0.25, -0.2) is 0 Å². The minimum Gasteiger partial charge on any atom is -0.459 e. The zero-order valence-electron chi connectivity index (χ0n) is 10.9. The lowest BCUT2D eigenvalue weighted by Crippen LogP contribution is -2.24. The van der Waals surface area contributed by atoms with Crippen molar-refractivity contribution in [2.24, 2.45) is 0 Å². The summed E-state index contributed by atoms with van der Waals surface area (Å²) in [5.74, 6) is 0.584. The van der Waals surface area contributed by atoms with E-state index in [0.29, 0.717) is 11.0 Å². The lowest BCUT2D eigenvalue weighted by Gasteiger charge is -2.18. The van der Waals surface area contributed by atoms with Gasteiger partial charge in [0, 0.05) is 0 Å². The Bertz CT molecular complexity index is 542. The number of ether oxygens (including phenoxy) is 1. The van der Waals surface area contributed by atoms with Crippen LogP contribution in [-0.2, 0) is 9.53 Å². The fraction of sp³-hybridized carbons (Fsp3) is 0.417. The van der Waals surface area contributed by atoms with Gasteiger partial charge in [-0.1, -0.05) is 11.8 Å². The first-order valence-corrected chi connectivity index (χ1v) is 6.64. The first-order valence-electron chi connectivity index (χ1n) is 5.66. The maximum atomic E-state index is 11.5. The average Bonchev–Trinajstić information content (AvgIpc) is 2.95. The van der Waals surface area contributed by atoms with Crippen LogP contribution in [0, 0.1) is 0 Å². The van der Waals surface area contributed by atoms with Crippen molar-refractivity contribution in [3.8, 4) is 11.7 Å². The van der Waals surface area contributed by atoms with E-state index in [9.17, 15) is 4.79 Å². The number of carbonyl (C=O) groups excluding carboxylic acids is 1. The molecule has 0 atom stereocenters. The molecule has 0 saturated heterocycles. The van der Waals surface area contributed by atoms with Crippen LogP contribution in [0.15, 0.2) is 32.5 Å².